The molecule has 50 heavy (non-hydrogen) atoms. The van der Waals surface area contributed by atoms with Gasteiger partial charge in [-0.05, 0) is 49.2 Å². The fourth-order valence-corrected chi connectivity index (χ4v) is 5.47. The molecule has 2 aromatic heterocycles. The Morgan fingerprint density at radius 2 is 1.72 bits per heavy atom. The summed E-state index contributed by atoms with van der Waals surface area (Å²) >= 11 is 1.35. The molecule has 2 amide bonds. The lowest BCUT2D eigenvalue weighted by atomic mass is 10.1. The van der Waals surface area contributed by atoms with Gasteiger partial charge in [0.25, 0.3) is 11.9 Å². The molecule has 0 saturated heterocycles. The molecule has 17 heteroatoms. The number of carbonyl (C=O) groups excluding carboxylic acids is 2. The summed E-state index contributed by atoms with van der Waals surface area (Å²) in [4.78, 5) is 49.4. The van der Waals surface area contributed by atoms with Crippen LogP contribution in [0.25, 0.3) is 11.2 Å². The number of carboxylic acids is 1. The summed E-state index contributed by atoms with van der Waals surface area (Å²) in [5.74, 6) is -1.78. The van der Waals surface area contributed by atoms with Crippen LogP contribution in [-0.4, -0.2) is 91.6 Å². The topological polar surface area (TPSA) is 228 Å². The molecule has 2 heterocycles. The number of aromatic nitrogens is 4. The highest BCUT2D eigenvalue weighted by molar-refractivity contribution is 7.99. The third-order valence-corrected chi connectivity index (χ3v) is 8.27. The zero-order chi connectivity index (χ0) is 36.0. The SMILES string of the molecule is COCCOc1nc(N)c2nc(O)n(Cc3ccc(CNC(=O)CC(CSCCNC(=O)c4ccc(NN=C(C)C)cc4)C(=O)O)cc3)c2n1. The molecule has 2 aromatic carbocycles. The van der Waals surface area contributed by atoms with Gasteiger partial charge in [0.15, 0.2) is 17.0 Å². The minimum atomic E-state index is -1.06. The number of thioether (sulfide) groups is 1. The molecule has 0 aliphatic rings. The van der Waals surface area contributed by atoms with Gasteiger partial charge in [-0.15, -0.1) is 0 Å². The fraction of sp³-hybridized carbons (Fsp3) is 0.364. The number of methoxy groups -OCH3 is 1. The number of aromatic hydroxyl groups is 1. The van der Waals surface area contributed by atoms with E-state index in [1.165, 1.54) is 16.3 Å². The second-order valence-corrected chi connectivity index (χ2v) is 12.5. The second-order valence-electron chi connectivity index (χ2n) is 11.3. The number of nitrogens with one attached hydrogen (secondary N) is 3. The molecule has 4 aromatic rings. The number of benzene rings is 2. The van der Waals surface area contributed by atoms with Crippen molar-refractivity contribution in [3.63, 3.8) is 0 Å². The highest BCUT2D eigenvalue weighted by Gasteiger charge is 2.21. The summed E-state index contributed by atoms with van der Waals surface area (Å²) in [6.45, 7) is 5.09. The van der Waals surface area contributed by atoms with E-state index in [1.807, 2.05) is 38.1 Å². The van der Waals surface area contributed by atoms with E-state index in [-0.39, 0.29) is 67.0 Å². The minimum Gasteiger partial charge on any atom is -0.481 e. The molecule has 1 unspecified atom stereocenters. The maximum Gasteiger partial charge on any atom is 0.320 e. The van der Waals surface area contributed by atoms with Crippen LogP contribution >= 0.6 is 11.8 Å². The van der Waals surface area contributed by atoms with Crippen molar-refractivity contribution >= 4 is 57.9 Å². The quantitative estimate of drug-likeness (QED) is 0.0469. The zero-order valence-corrected chi connectivity index (χ0v) is 28.8. The summed E-state index contributed by atoms with van der Waals surface area (Å²) in [5, 5.41) is 29.9. The Hall–Kier alpha value is -5.42. The van der Waals surface area contributed by atoms with E-state index in [0.717, 1.165) is 22.5 Å². The maximum atomic E-state index is 12.6. The van der Waals surface area contributed by atoms with E-state index in [4.69, 9.17) is 15.2 Å². The van der Waals surface area contributed by atoms with E-state index in [2.05, 4.69) is 36.1 Å². The molecule has 1 atom stereocenters. The van der Waals surface area contributed by atoms with Gasteiger partial charge in [-0.25, -0.2) is 0 Å². The highest BCUT2D eigenvalue weighted by Crippen LogP contribution is 2.26. The summed E-state index contributed by atoms with van der Waals surface area (Å²) in [5.41, 5.74) is 13.2. The molecular weight excluding hydrogens is 666 g/mol. The Morgan fingerprint density at radius 3 is 2.40 bits per heavy atom. The number of nitrogen functional groups attached to an aromatic ring is 1. The molecule has 0 fully saturated rings. The minimum absolute atomic E-state index is 0.0384. The van der Waals surface area contributed by atoms with Crippen molar-refractivity contribution in [3.05, 3.63) is 65.2 Å². The average Bonchev–Trinajstić information content (AvgIpc) is 3.41. The van der Waals surface area contributed by atoms with Gasteiger partial charge < -0.3 is 36.1 Å². The van der Waals surface area contributed by atoms with Gasteiger partial charge in [0, 0.05) is 49.4 Å². The largest absolute Gasteiger partial charge is 0.481 e. The Bertz CT molecular complexity index is 1790. The van der Waals surface area contributed by atoms with Crippen LogP contribution in [0.5, 0.6) is 12.0 Å². The monoisotopic (exact) mass is 707 g/mol. The first-order valence-electron chi connectivity index (χ1n) is 15.7. The Balaban J connectivity index is 1.20. The molecular formula is C33H41N9O7S. The van der Waals surface area contributed by atoms with Crippen LogP contribution in [0.3, 0.4) is 0 Å². The molecule has 0 spiro atoms. The fourth-order valence-electron chi connectivity index (χ4n) is 4.51. The first kappa shape index (κ1) is 37.4. The van der Waals surface area contributed by atoms with Gasteiger partial charge in [0.1, 0.15) is 6.61 Å². The third kappa shape index (κ3) is 11.1. The van der Waals surface area contributed by atoms with Crippen LogP contribution in [0.1, 0.15) is 41.8 Å². The molecule has 266 valence electrons. The summed E-state index contributed by atoms with van der Waals surface area (Å²) < 4.78 is 11.9. The number of anilines is 2. The van der Waals surface area contributed by atoms with Crippen LogP contribution in [-0.2, 0) is 27.4 Å². The normalized spacial score (nSPS) is 11.5. The van der Waals surface area contributed by atoms with Crippen LogP contribution in [0.2, 0.25) is 0 Å². The van der Waals surface area contributed by atoms with Gasteiger partial charge in [-0.1, -0.05) is 24.3 Å². The van der Waals surface area contributed by atoms with E-state index < -0.39 is 11.9 Å². The number of fused-ring (bicyclic) bond motifs is 1. The molecule has 0 radical (unpaired) electrons. The third-order valence-electron chi connectivity index (χ3n) is 7.14. The summed E-state index contributed by atoms with van der Waals surface area (Å²) in [6, 6.07) is 14.0. The van der Waals surface area contributed by atoms with Crippen molar-refractivity contribution in [2.45, 2.75) is 33.4 Å². The van der Waals surface area contributed by atoms with Crippen molar-refractivity contribution < 1.29 is 34.1 Å². The van der Waals surface area contributed by atoms with Crippen molar-refractivity contribution in [2.75, 3.05) is 49.5 Å². The lowest BCUT2D eigenvalue weighted by Crippen LogP contribution is -2.29. The highest BCUT2D eigenvalue weighted by atomic mass is 32.2. The number of nitrogens with two attached hydrogens (primary N) is 1. The number of rotatable bonds is 19. The van der Waals surface area contributed by atoms with Crippen LogP contribution in [0.4, 0.5) is 11.5 Å². The van der Waals surface area contributed by atoms with Gasteiger partial charge in [0.2, 0.25) is 5.91 Å². The standard InChI is InChI=1S/C33H41N9O7S/c1-20(2)40-41-25-10-8-23(9-11-25)30(44)35-12-15-50-19-24(31(45)46)16-26(43)36-17-21-4-6-22(7-5-21)18-42-29-27(37-33(42)47)28(34)38-32(39-29)49-14-13-48-3/h4-11,24,41H,12-19H2,1-3H3,(H,35,44)(H,36,43)(H,37,47)(H,45,46)(H2,34,38,39). The second kappa shape index (κ2) is 18.4. The summed E-state index contributed by atoms with van der Waals surface area (Å²) in [6.07, 6.45) is -0.177. The first-order valence-corrected chi connectivity index (χ1v) is 16.8. The van der Waals surface area contributed by atoms with Crippen molar-refractivity contribution in [1.29, 1.82) is 0 Å². The molecule has 0 aliphatic carbocycles. The van der Waals surface area contributed by atoms with Crippen LogP contribution in [0, 0.1) is 5.92 Å². The molecule has 16 nitrogen and oxygen atoms in total. The lowest BCUT2D eigenvalue weighted by molar-refractivity contribution is -0.143. The number of amides is 2. The van der Waals surface area contributed by atoms with Crippen LogP contribution in [0.15, 0.2) is 53.6 Å². The van der Waals surface area contributed by atoms with Crippen molar-refractivity contribution in [2.24, 2.45) is 11.0 Å². The number of hydrazone groups is 1. The number of hydrogen-bond acceptors (Lipinski definition) is 13. The molecule has 7 N–H and O–H groups in total. The number of ether oxygens (including phenoxy) is 2. The predicted molar refractivity (Wildman–Crippen MR) is 190 cm³/mol. The molecule has 0 bridgehead atoms. The first-order chi connectivity index (χ1) is 24.0. The zero-order valence-electron chi connectivity index (χ0n) is 28.0. The predicted octanol–water partition coefficient (Wildman–Crippen LogP) is 2.87. The number of hydrogen-bond donors (Lipinski definition) is 6. The average molecular weight is 708 g/mol. The lowest BCUT2D eigenvalue weighted by Gasteiger charge is -2.13. The van der Waals surface area contributed by atoms with Gasteiger partial charge in [0.05, 0.1) is 24.8 Å². The number of nitrogens with zero attached hydrogens (tertiary/aromatic N) is 5. The van der Waals surface area contributed by atoms with Crippen molar-refractivity contribution in [1.82, 2.24) is 30.2 Å². The molecule has 0 saturated carbocycles. The van der Waals surface area contributed by atoms with E-state index in [0.29, 0.717) is 30.1 Å². The van der Waals surface area contributed by atoms with Gasteiger partial charge in [-0.3, -0.25) is 24.4 Å². The van der Waals surface area contributed by atoms with E-state index >= 15 is 0 Å². The Kier molecular flexibility index (Phi) is 13.7. The van der Waals surface area contributed by atoms with E-state index in [9.17, 15) is 24.6 Å². The number of aliphatic carboxylic acids is 1. The number of carboxylic acid groups (broad SMARTS) is 1. The summed E-state index contributed by atoms with van der Waals surface area (Å²) in [7, 11) is 1.55. The maximum absolute atomic E-state index is 12.6. The van der Waals surface area contributed by atoms with E-state index in [1.54, 1.807) is 31.4 Å². The molecule has 0 aliphatic heterocycles. The van der Waals surface area contributed by atoms with Gasteiger partial charge >= 0.3 is 12.0 Å². The Labute approximate surface area is 292 Å². The van der Waals surface area contributed by atoms with Crippen molar-refractivity contribution in [3.8, 4) is 12.0 Å². The Morgan fingerprint density at radius 1 is 1.00 bits per heavy atom. The van der Waals surface area contributed by atoms with Crippen LogP contribution < -0.4 is 26.5 Å². The number of carbonyl (C=O) groups is 3. The molecule has 4 rings (SSSR count). The van der Waals surface area contributed by atoms with Gasteiger partial charge in [-0.2, -0.15) is 31.8 Å². The smallest absolute Gasteiger partial charge is 0.320 e. The number of imidazole rings is 1.